The Labute approximate surface area is 112 Å². The summed E-state index contributed by atoms with van der Waals surface area (Å²) in [4.78, 5) is 2.51. The summed E-state index contributed by atoms with van der Waals surface area (Å²) >= 11 is 1.76. The van der Waals surface area contributed by atoms with Gasteiger partial charge < -0.3 is 4.74 Å². The standard InChI is InChI=1S/C14H18N2OS/c1-9-8-11(17-3)5-6-12(9)14(16-15)13-7-4-10(2)18-13/h4-8,14,16H,15H2,1-3H3. The smallest absolute Gasteiger partial charge is 0.119 e. The third-order valence-electron chi connectivity index (χ3n) is 3.00. The van der Waals surface area contributed by atoms with Crippen LogP contribution < -0.4 is 16.0 Å². The fourth-order valence-corrected chi connectivity index (χ4v) is 2.99. The zero-order valence-corrected chi connectivity index (χ0v) is 11.7. The maximum absolute atomic E-state index is 5.71. The minimum atomic E-state index is 0.0367. The van der Waals surface area contributed by atoms with Gasteiger partial charge in [0.1, 0.15) is 5.75 Å². The molecule has 0 saturated carbocycles. The van der Waals surface area contributed by atoms with Gasteiger partial charge in [-0.25, -0.2) is 5.43 Å². The van der Waals surface area contributed by atoms with E-state index in [2.05, 4.69) is 37.5 Å². The normalized spacial score (nSPS) is 12.4. The molecule has 4 heteroatoms. The summed E-state index contributed by atoms with van der Waals surface area (Å²) in [6.45, 7) is 4.17. The molecule has 0 amide bonds. The number of nitrogens with two attached hydrogens (primary N) is 1. The molecule has 0 aliphatic heterocycles. The van der Waals surface area contributed by atoms with E-state index in [-0.39, 0.29) is 6.04 Å². The van der Waals surface area contributed by atoms with Crippen LogP contribution in [-0.4, -0.2) is 7.11 Å². The highest BCUT2D eigenvalue weighted by Crippen LogP contribution is 2.30. The fraction of sp³-hybridized carbons (Fsp3) is 0.286. The number of aryl methyl sites for hydroxylation is 2. The molecule has 2 aromatic rings. The van der Waals surface area contributed by atoms with Gasteiger partial charge >= 0.3 is 0 Å². The third kappa shape index (κ3) is 2.56. The summed E-state index contributed by atoms with van der Waals surface area (Å²) in [5.41, 5.74) is 5.25. The van der Waals surface area contributed by atoms with Crippen molar-refractivity contribution in [2.75, 3.05) is 7.11 Å². The van der Waals surface area contributed by atoms with Gasteiger partial charge in [-0.2, -0.15) is 0 Å². The van der Waals surface area contributed by atoms with Crippen molar-refractivity contribution in [2.45, 2.75) is 19.9 Å². The van der Waals surface area contributed by atoms with Crippen molar-refractivity contribution < 1.29 is 4.74 Å². The highest BCUT2D eigenvalue weighted by Gasteiger charge is 2.16. The SMILES string of the molecule is COc1ccc(C(NN)c2ccc(C)s2)c(C)c1. The van der Waals surface area contributed by atoms with E-state index in [4.69, 9.17) is 10.6 Å². The minimum Gasteiger partial charge on any atom is -0.497 e. The molecule has 1 heterocycles. The molecule has 0 radical (unpaired) electrons. The zero-order valence-electron chi connectivity index (χ0n) is 10.9. The van der Waals surface area contributed by atoms with Gasteiger partial charge in [-0.05, 0) is 49.2 Å². The lowest BCUT2D eigenvalue weighted by atomic mass is 10.0. The van der Waals surface area contributed by atoms with E-state index in [0.29, 0.717) is 0 Å². The molecule has 1 aromatic carbocycles. The van der Waals surface area contributed by atoms with Crippen molar-refractivity contribution in [2.24, 2.45) is 5.84 Å². The molecule has 3 nitrogen and oxygen atoms in total. The third-order valence-corrected chi connectivity index (χ3v) is 4.07. The Bertz CT molecular complexity index is 536. The highest BCUT2D eigenvalue weighted by atomic mass is 32.1. The maximum Gasteiger partial charge on any atom is 0.119 e. The van der Waals surface area contributed by atoms with Crippen molar-refractivity contribution in [1.82, 2.24) is 5.43 Å². The quantitative estimate of drug-likeness (QED) is 0.658. The second kappa shape index (κ2) is 5.52. The molecule has 0 fully saturated rings. The van der Waals surface area contributed by atoms with Crippen LogP contribution in [0.4, 0.5) is 0 Å². The molecular weight excluding hydrogens is 244 g/mol. The molecule has 0 bridgehead atoms. The average molecular weight is 262 g/mol. The summed E-state index contributed by atoms with van der Waals surface area (Å²) in [5.74, 6) is 6.58. The van der Waals surface area contributed by atoms with Gasteiger partial charge in [0.15, 0.2) is 0 Å². The van der Waals surface area contributed by atoms with E-state index in [0.717, 1.165) is 5.75 Å². The number of thiophene rings is 1. The van der Waals surface area contributed by atoms with Crippen molar-refractivity contribution >= 4 is 11.3 Å². The molecule has 1 aromatic heterocycles. The van der Waals surface area contributed by atoms with Crippen molar-refractivity contribution in [3.63, 3.8) is 0 Å². The molecule has 1 atom stereocenters. The monoisotopic (exact) mass is 262 g/mol. The molecule has 3 N–H and O–H groups in total. The van der Waals surface area contributed by atoms with Crippen molar-refractivity contribution in [3.05, 3.63) is 51.2 Å². The first-order valence-corrected chi connectivity index (χ1v) is 6.64. The first kappa shape index (κ1) is 13.1. The number of hydrogen-bond donors (Lipinski definition) is 2. The number of ether oxygens (including phenoxy) is 1. The molecule has 0 aliphatic rings. The molecule has 1 unspecified atom stereocenters. The highest BCUT2D eigenvalue weighted by molar-refractivity contribution is 7.12. The molecule has 2 rings (SSSR count). The van der Waals surface area contributed by atoms with Crippen LogP contribution in [0, 0.1) is 13.8 Å². The number of nitrogens with one attached hydrogen (secondary N) is 1. The van der Waals surface area contributed by atoms with Crippen LogP contribution in [0.2, 0.25) is 0 Å². The van der Waals surface area contributed by atoms with Crippen LogP contribution in [-0.2, 0) is 0 Å². The van der Waals surface area contributed by atoms with Gasteiger partial charge in [-0.15, -0.1) is 11.3 Å². The summed E-state index contributed by atoms with van der Waals surface area (Å²) in [7, 11) is 1.68. The largest absolute Gasteiger partial charge is 0.497 e. The van der Waals surface area contributed by atoms with Crippen LogP contribution in [0.15, 0.2) is 30.3 Å². The number of hydrogen-bond acceptors (Lipinski definition) is 4. The number of hydrazine groups is 1. The van der Waals surface area contributed by atoms with E-state index >= 15 is 0 Å². The zero-order chi connectivity index (χ0) is 13.1. The first-order chi connectivity index (χ1) is 8.65. The second-order valence-corrected chi connectivity index (χ2v) is 5.59. The van der Waals surface area contributed by atoms with Gasteiger partial charge in [0.2, 0.25) is 0 Å². The first-order valence-electron chi connectivity index (χ1n) is 5.82. The Balaban J connectivity index is 2.39. The van der Waals surface area contributed by atoms with E-state index in [1.807, 2.05) is 12.1 Å². The van der Waals surface area contributed by atoms with Gasteiger partial charge in [0.05, 0.1) is 13.2 Å². The lowest BCUT2D eigenvalue weighted by Gasteiger charge is -2.17. The Morgan fingerprint density at radius 1 is 1.22 bits per heavy atom. The van der Waals surface area contributed by atoms with Gasteiger partial charge in [0.25, 0.3) is 0 Å². The van der Waals surface area contributed by atoms with Crippen LogP contribution in [0.1, 0.15) is 26.9 Å². The van der Waals surface area contributed by atoms with Gasteiger partial charge in [0, 0.05) is 9.75 Å². The topological polar surface area (TPSA) is 47.3 Å². The molecule has 18 heavy (non-hydrogen) atoms. The average Bonchev–Trinajstić information content (AvgIpc) is 2.78. The van der Waals surface area contributed by atoms with E-state index in [1.165, 1.54) is 20.9 Å². The van der Waals surface area contributed by atoms with E-state index in [9.17, 15) is 0 Å². The van der Waals surface area contributed by atoms with Gasteiger partial charge in [-0.1, -0.05) is 6.07 Å². The van der Waals surface area contributed by atoms with E-state index < -0.39 is 0 Å². The molecular formula is C14H18N2OS. The molecule has 0 saturated heterocycles. The summed E-state index contributed by atoms with van der Waals surface area (Å²) < 4.78 is 5.22. The van der Waals surface area contributed by atoms with Crippen LogP contribution >= 0.6 is 11.3 Å². The lowest BCUT2D eigenvalue weighted by molar-refractivity contribution is 0.414. The predicted molar refractivity (Wildman–Crippen MR) is 76.0 cm³/mol. The maximum atomic E-state index is 5.71. The van der Waals surface area contributed by atoms with Crippen molar-refractivity contribution in [1.29, 1.82) is 0 Å². The molecule has 0 aliphatic carbocycles. The van der Waals surface area contributed by atoms with Crippen LogP contribution in [0.5, 0.6) is 5.75 Å². The lowest BCUT2D eigenvalue weighted by Crippen LogP contribution is -2.28. The Morgan fingerprint density at radius 3 is 2.50 bits per heavy atom. The predicted octanol–water partition coefficient (Wildman–Crippen LogP) is 2.93. The number of benzene rings is 1. The Hall–Kier alpha value is -1.36. The number of rotatable bonds is 4. The Kier molecular flexibility index (Phi) is 4.01. The van der Waals surface area contributed by atoms with Crippen LogP contribution in [0.25, 0.3) is 0 Å². The summed E-state index contributed by atoms with van der Waals surface area (Å²) in [6.07, 6.45) is 0. The second-order valence-electron chi connectivity index (χ2n) is 4.27. The summed E-state index contributed by atoms with van der Waals surface area (Å²) in [5, 5.41) is 0. The molecule has 0 spiro atoms. The van der Waals surface area contributed by atoms with Gasteiger partial charge in [-0.3, -0.25) is 5.84 Å². The Morgan fingerprint density at radius 2 is 2.00 bits per heavy atom. The van der Waals surface area contributed by atoms with Crippen LogP contribution in [0.3, 0.4) is 0 Å². The minimum absolute atomic E-state index is 0.0367. The van der Waals surface area contributed by atoms with E-state index in [1.54, 1.807) is 18.4 Å². The van der Waals surface area contributed by atoms with Crippen molar-refractivity contribution in [3.8, 4) is 5.75 Å². The summed E-state index contributed by atoms with van der Waals surface area (Å²) in [6, 6.07) is 10.3. The molecule has 96 valence electrons. The fourth-order valence-electron chi connectivity index (χ4n) is 2.03. The number of methoxy groups -OCH3 is 1.